The molecule has 8 rings (SSSR count). The minimum Gasteiger partial charge on any atom is -0.457 e. The zero-order valence-corrected chi connectivity index (χ0v) is 31.6. The summed E-state index contributed by atoms with van der Waals surface area (Å²) in [6.45, 7) is 0. The predicted octanol–water partition coefficient (Wildman–Crippen LogP) is 12.8. The van der Waals surface area contributed by atoms with Crippen LogP contribution in [0.1, 0.15) is 0 Å². The molecule has 0 atom stereocenters. The van der Waals surface area contributed by atoms with E-state index in [0.29, 0.717) is 11.6 Å². The summed E-state index contributed by atoms with van der Waals surface area (Å²) < 4.78 is 17.3. The van der Waals surface area contributed by atoms with Crippen LogP contribution in [0.3, 0.4) is 0 Å². The van der Waals surface area contributed by atoms with Gasteiger partial charge in [-0.2, -0.15) is 24.9 Å². The van der Waals surface area contributed by atoms with Gasteiger partial charge < -0.3 is 14.2 Å². The number of hydrogen-bond acceptors (Lipinski definition) is 9. The summed E-state index contributed by atoms with van der Waals surface area (Å²) in [5.74, 6) is 5.70. The van der Waals surface area contributed by atoms with Crippen molar-refractivity contribution in [1.29, 1.82) is 0 Å². The van der Waals surface area contributed by atoms with Crippen molar-refractivity contribution in [2.45, 2.75) is 0 Å². The Morgan fingerprint density at radius 3 is 0.764 bits per heavy atom. The number of rotatable bonds is 8. The molecule has 9 nitrogen and oxygen atoms in total. The van der Waals surface area contributed by atoms with Gasteiger partial charge in [-0.1, -0.05) is 72.8 Å². The Hall–Kier alpha value is -6.10. The summed E-state index contributed by atoms with van der Waals surface area (Å²) in [4.78, 5) is 23.6. The van der Waals surface area contributed by atoms with Crippen molar-refractivity contribution in [2.24, 2.45) is 0 Å². The van der Waals surface area contributed by atoms with E-state index < -0.39 is 0 Å². The first-order chi connectivity index (χ1) is 26.9. The van der Waals surface area contributed by atoms with Crippen LogP contribution in [0.15, 0.2) is 170 Å². The fourth-order valence-corrected chi connectivity index (χ4v) is 5.39. The van der Waals surface area contributed by atoms with Gasteiger partial charge in [0.25, 0.3) is 0 Å². The smallest absolute Gasteiger partial charge is 0.227 e. The van der Waals surface area contributed by atoms with Crippen LogP contribution in [0.4, 0.5) is 0 Å². The molecule has 0 aliphatic rings. The summed E-state index contributed by atoms with van der Waals surface area (Å²) in [7, 11) is 0. The number of ether oxygens (including phenoxy) is 3. The topological polar surface area (TPSA) is 105 Å². The van der Waals surface area contributed by atoms with E-state index in [-0.39, 0.29) is 21.1 Å². The number of benzene rings is 6. The van der Waals surface area contributed by atoms with Crippen molar-refractivity contribution >= 4 is 46.4 Å². The molecule has 0 fully saturated rings. The maximum Gasteiger partial charge on any atom is 0.227 e. The molecule has 2 aromatic heterocycles. The molecule has 8 aromatic rings. The SMILES string of the molecule is Clc1nc(-c2ccc(Oc3ccccc3)cc2)nc(-c2ccc(Oc3ccccc3)cc2)n1.Clc1nc(Cl)nc(Cl)n1.c1ccc(Oc2ccccc2)cc1. The summed E-state index contributed by atoms with van der Waals surface area (Å²) in [5.41, 5.74) is 1.62. The number of halogens is 4. The quantitative estimate of drug-likeness (QED) is 0.148. The fourth-order valence-electron chi connectivity index (χ4n) is 4.62. The largest absolute Gasteiger partial charge is 0.457 e. The summed E-state index contributed by atoms with van der Waals surface area (Å²) >= 11 is 22.2. The molecule has 0 spiro atoms. The molecule has 0 unspecified atom stereocenters. The van der Waals surface area contributed by atoms with Crippen molar-refractivity contribution in [2.75, 3.05) is 0 Å². The number of nitrogens with zero attached hydrogens (tertiary/aromatic N) is 6. The molecule has 6 aromatic carbocycles. The van der Waals surface area contributed by atoms with Gasteiger partial charge in [-0.15, -0.1) is 0 Å². The van der Waals surface area contributed by atoms with Crippen molar-refractivity contribution < 1.29 is 14.2 Å². The second kappa shape index (κ2) is 19.8. The summed E-state index contributed by atoms with van der Waals surface area (Å²) in [5, 5.41) is 0.129. The number of para-hydroxylation sites is 4. The molecule has 0 bridgehead atoms. The number of hydrogen-bond donors (Lipinski definition) is 0. The molecule has 55 heavy (non-hydrogen) atoms. The molecular formula is C42H28Cl4N6O3. The Bertz CT molecular complexity index is 2190. The highest BCUT2D eigenvalue weighted by Crippen LogP contribution is 2.28. The first kappa shape index (κ1) is 38.6. The predicted molar refractivity (Wildman–Crippen MR) is 217 cm³/mol. The van der Waals surface area contributed by atoms with Crippen molar-refractivity contribution in [3.8, 4) is 57.3 Å². The van der Waals surface area contributed by atoms with E-state index in [2.05, 4.69) is 29.9 Å². The molecule has 0 N–H and O–H groups in total. The standard InChI is InChI=1S/C27H18ClN3O2.C12H10O.C3Cl3N3/c28-27-30-25(19-11-15-23(16-12-19)32-21-7-3-1-4-8-21)29-26(31-27)20-13-17-24(18-14-20)33-22-9-5-2-6-10-22;1-3-7-11(8-4-1)13-12-9-5-2-6-10-12;4-1-7-2(5)9-3(6)8-1/h1-18H;1-10H;. The summed E-state index contributed by atoms with van der Waals surface area (Å²) in [6, 6.07) is 53.8. The average molecular weight is 807 g/mol. The van der Waals surface area contributed by atoms with Crippen molar-refractivity contribution in [1.82, 2.24) is 29.9 Å². The van der Waals surface area contributed by atoms with Crippen LogP contribution in [0.2, 0.25) is 21.1 Å². The van der Waals surface area contributed by atoms with E-state index in [1.165, 1.54) is 0 Å². The second-order valence-electron chi connectivity index (χ2n) is 11.0. The van der Waals surface area contributed by atoms with E-state index in [1.54, 1.807) is 0 Å². The van der Waals surface area contributed by atoms with Crippen LogP contribution >= 0.6 is 46.4 Å². The van der Waals surface area contributed by atoms with Crippen LogP contribution in [0, 0.1) is 0 Å². The summed E-state index contributed by atoms with van der Waals surface area (Å²) in [6.07, 6.45) is 0. The molecule has 0 aliphatic heterocycles. The minimum absolute atomic E-state index is 0.000000000000000444. The van der Waals surface area contributed by atoms with Gasteiger partial charge in [0.15, 0.2) is 11.6 Å². The van der Waals surface area contributed by atoms with E-state index in [1.807, 2.05) is 170 Å². The van der Waals surface area contributed by atoms with Gasteiger partial charge in [-0.25, -0.2) is 4.98 Å². The van der Waals surface area contributed by atoms with Crippen LogP contribution in [-0.4, -0.2) is 29.9 Å². The van der Waals surface area contributed by atoms with Crippen LogP contribution in [0.25, 0.3) is 22.8 Å². The van der Waals surface area contributed by atoms with Crippen molar-refractivity contribution in [3.05, 3.63) is 191 Å². The molecule has 2 heterocycles. The van der Waals surface area contributed by atoms with Gasteiger partial charge in [0.05, 0.1) is 0 Å². The fraction of sp³-hybridized carbons (Fsp3) is 0. The third-order valence-corrected chi connectivity index (χ3v) is 7.74. The van der Waals surface area contributed by atoms with E-state index in [9.17, 15) is 0 Å². The number of aromatic nitrogens is 6. The van der Waals surface area contributed by atoms with Gasteiger partial charge in [0, 0.05) is 11.1 Å². The maximum absolute atomic E-state index is 6.22. The van der Waals surface area contributed by atoms with E-state index >= 15 is 0 Å². The molecule has 0 radical (unpaired) electrons. The highest BCUT2D eigenvalue weighted by molar-refractivity contribution is 6.33. The molecule has 0 aliphatic carbocycles. The van der Waals surface area contributed by atoms with Crippen molar-refractivity contribution in [3.63, 3.8) is 0 Å². The lowest BCUT2D eigenvalue weighted by Gasteiger charge is -2.08. The maximum atomic E-state index is 6.22. The first-order valence-electron chi connectivity index (χ1n) is 16.4. The van der Waals surface area contributed by atoms with Gasteiger partial charge >= 0.3 is 0 Å². The van der Waals surface area contributed by atoms with E-state index in [4.69, 9.17) is 60.6 Å². The third kappa shape index (κ3) is 12.5. The van der Waals surface area contributed by atoms with Gasteiger partial charge in [0.1, 0.15) is 34.5 Å². The third-order valence-electron chi connectivity index (χ3n) is 7.07. The normalized spacial score (nSPS) is 10.2. The van der Waals surface area contributed by atoms with Crippen LogP contribution in [0.5, 0.6) is 34.5 Å². The molecule has 0 saturated carbocycles. The lowest BCUT2D eigenvalue weighted by molar-refractivity contribution is 0.482. The van der Waals surface area contributed by atoms with Crippen LogP contribution in [-0.2, 0) is 0 Å². The van der Waals surface area contributed by atoms with Crippen LogP contribution < -0.4 is 14.2 Å². The Kier molecular flexibility index (Phi) is 13.9. The second-order valence-corrected chi connectivity index (χ2v) is 12.4. The monoisotopic (exact) mass is 804 g/mol. The molecule has 0 saturated heterocycles. The molecule has 272 valence electrons. The molecule has 13 heteroatoms. The van der Waals surface area contributed by atoms with E-state index in [0.717, 1.165) is 45.6 Å². The lowest BCUT2D eigenvalue weighted by Crippen LogP contribution is -1.97. The zero-order chi connectivity index (χ0) is 38.2. The Labute approximate surface area is 337 Å². The van der Waals surface area contributed by atoms with Gasteiger partial charge in [0.2, 0.25) is 21.1 Å². The Balaban J connectivity index is 0.000000189. The Morgan fingerprint density at radius 1 is 0.255 bits per heavy atom. The molecular weight excluding hydrogens is 778 g/mol. The lowest BCUT2D eigenvalue weighted by atomic mass is 10.2. The minimum atomic E-state index is 0.000000000000000444. The molecule has 0 amide bonds. The van der Waals surface area contributed by atoms with Gasteiger partial charge in [-0.05, 0) is 143 Å². The zero-order valence-electron chi connectivity index (χ0n) is 28.6. The Morgan fingerprint density at radius 2 is 0.491 bits per heavy atom. The highest BCUT2D eigenvalue weighted by atomic mass is 35.5. The van der Waals surface area contributed by atoms with Gasteiger partial charge in [-0.3, -0.25) is 0 Å². The average Bonchev–Trinajstić information content (AvgIpc) is 3.20. The highest BCUT2D eigenvalue weighted by Gasteiger charge is 2.11. The first-order valence-corrected chi connectivity index (χ1v) is 18.0.